The van der Waals surface area contributed by atoms with Crippen molar-refractivity contribution in [2.45, 2.75) is 31.8 Å². The van der Waals surface area contributed by atoms with Crippen LogP contribution < -0.4 is 18.9 Å². The van der Waals surface area contributed by atoms with Crippen LogP contribution in [0.3, 0.4) is 0 Å². The molecular formula is C21H23NO5. The Kier molecular flexibility index (Phi) is 3.58. The number of benzene rings is 2. The quantitative estimate of drug-likeness (QED) is 0.597. The van der Waals surface area contributed by atoms with Crippen molar-refractivity contribution >= 4 is 0 Å². The maximum atomic E-state index is 14.0. The molecule has 142 valence electrons. The summed E-state index contributed by atoms with van der Waals surface area (Å²) in [5.41, 5.74) is 4.42. The van der Waals surface area contributed by atoms with Crippen molar-refractivity contribution in [2.75, 3.05) is 27.6 Å². The molecule has 0 saturated heterocycles. The maximum absolute atomic E-state index is 14.0. The summed E-state index contributed by atoms with van der Waals surface area (Å²) in [4.78, 5) is 0. The number of hydrogen-bond acceptors (Lipinski definition) is 5. The molecule has 3 atom stereocenters. The molecule has 2 aromatic rings. The summed E-state index contributed by atoms with van der Waals surface area (Å²) in [7, 11) is 3.26. The second-order valence-corrected chi connectivity index (χ2v) is 7.59. The van der Waals surface area contributed by atoms with Crippen molar-refractivity contribution in [3.8, 4) is 23.0 Å². The third-order valence-electron chi connectivity index (χ3n) is 6.29. The van der Waals surface area contributed by atoms with Crippen LogP contribution in [0.5, 0.6) is 23.0 Å². The first kappa shape index (κ1) is 16.7. The van der Waals surface area contributed by atoms with Gasteiger partial charge in [0.2, 0.25) is 6.79 Å². The zero-order chi connectivity index (χ0) is 18.8. The van der Waals surface area contributed by atoms with Gasteiger partial charge in [0.05, 0.1) is 26.3 Å². The van der Waals surface area contributed by atoms with Crippen LogP contribution in [0.2, 0.25) is 0 Å². The highest BCUT2D eigenvalue weighted by molar-refractivity contribution is 5.55. The maximum Gasteiger partial charge on any atom is 0.231 e. The van der Waals surface area contributed by atoms with Gasteiger partial charge in [-0.2, -0.15) is 0 Å². The van der Waals surface area contributed by atoms with Gasteiger partial charge >= 0.3 is 0 Å². The first-order valence-corrected chi connectivity index (χ1v) is 9.29. The van der Waals surface area contributed by atoms with Crippen LogP contribution in [0.4, 0.5) is 0 Å². The Morgan fingerprint density at radius 1 is 1.07 bits per heavy atom. The number of fused-ring (bicyclic) bond motifs is 5. The molecule has 0 amide bonds. The summed E-state index contributed by atoms with van der Waals surface area (Å²) in [6, 6.07) is 7.93. The van der Waals surface area contributed by atoms with E-state index in [1.165, 1.54) is 5.56 Å². The van der Waals surface area contributed by atoms with E-state index in [9.17, 15) is 5.21 Å². The number of quaternary nitrogens is 1. The Morgan fingerprint density at radius 3 is 2.59 bits per heavy atom. The molecule has 0 bridgehead atoms. The third kappa shape index (κ3) is 2.26. The summed E-state index contributed by atoms with van der Waals surface area (Å²) in [5, 5.41) is 14.0. The molecule has 0 fully saturated rings. The van der Waals surface area contributed by atoms with Gasteiger partial charge in [-0.15, -0.1) is 0 Å². The second kappa shape index (κ2) is 5.78. The number of ether oxygens (including phenoxy) is 4. The van der Waals surface area contributed by atoms with Crippen molar-refractivity contribution < 1.29 is 23.6 Å². The Morgan fingerprint density at radius 2 is 1.85 bits per heavy atom. The SMILES string of the molecule is COc1ccc2c(c1OC)C[N@@+]1([O-])CCc3cc4c(cc3[C@@H]1[C@@H]2C)OCO4. The molecule has 0 unspecified atom stereocenters. The molecule has 0 spiro atoms. The van der Waals surface area contributed by atoms with Gasteiger partial charge < -0.3 is 28.8 Å². The number of hydrogen-bond donors (Lipinski definition) is 0. The zero-order valence-electron chi connectivity index (χ0n) is 15.8. The predicted molar refractivity (Wildman–Crippen MR) is 99.2 cm³/mol. The van der Waals surface area contributed by atoms with Crippen LogP contribution in [-0.4, -0.2) is 32.2 Å². The summed E-state index contributed by atoms with van der Waals surface area (Å²) in [6.45, 7) is 3.31. The van der Waals surface area contributed by atoms with E-state index in [-0.39, 0.29) is 23.4 Å². The molecule has 0 aromatic heterocycles. The lowest BCUT2D eigenvalue weighted by Crippen LogP contribution is -2.53. The minimum absolute atomic E-state index is 0.0606. The van der Waals surface area contributed by atoms with Crippen LogP contribution in [0, 0.1) is 5.21 Å². The zero-order valence-corrected chi connectivity index (χ0v) is 15.8. The number of nitrogens with zero attached hydrogens (tertiary/aromatic N) is 1. The van der Waals surface area contributed by atoms with Gasteiger partial charge in [0.25, 0.3) is 0 Å². The highest BCUT2D eigenvalue weighted by Gasteiger charge is 2.46. The molecule has 0 N–H and O–H groups in total. The number of hydroxylamine groups is 3. The van der Waals surface area contributed by atoms with Crippen molar-refractivity contribution in [3.63, 3.8) is 0 Å². The lowest BCUT2D eigenvalue weighted by atomic mass is 9.76. The van der Waals surface area contributed by atoms with Crippen LogP contribution in [0.25, 0.3) is 0 Å². The van der Waals surface area contributed by atoms with E-state index >= 15 is 0 Å². The highest BCUT2D eigenvalue weighted by atomic mass is 16.7. The van der Waals surface area contributed by atoms with E-state index in [1.54, 1.807) is 14.2 Å². The van der Waals surface area contributed by atoms with Gasteiger partial charge in [-0.25, -0.2) is 0 Å². The summed E-state index contributed by atoms with van der Waals surface area (Å²) in [5.74, 6) is 2.95. The molecule has 0 saturated carbocycles. The van der Waals surface area contributed by atoms with Crippen LogP contribution in [-0.2, 0) is 13.0 Å². The molecule has 6 nitrogen and oxygen atoms in total. The highest BCUT2D eigenvalue weighted by Crippen LogP contribution is 2.54. The molecular weight excluding hydrogens is 346 g/mol. The van der Waals surface area contributed by atoms with Gasteiger partial charge in [-0.05, 0) is 29.3 Å². The first-order chi connectivity index (χ1) is 13.1. The van der Waals surface area contributed by atoms with E-state index in [0.29, 0.717) is 24.6 Å². The van der Waals surface area contributed by atoms with E-state index in [1.807, 2.05) is 12.1 Å². The molecule has 6 heteroatoms. The smallest absolute Gasteiger partial charge is 0.231 e. The van der Waals surface area contributed by atoms with Crippen molar-refractivity contribution in [3.05, 3.63) is 51.7 Å². The van der Waals surface area contributed by atoms with Crippen molar-refractivity contribution in [2.24, 2.45) is 0 Å². The average Bonchev–Trinajstić information content (AvgIpc) is 3.12. The van der Waals surface area contributed by atoms with Gasteiger partial charge in [-0.1, -0.05) is 13.0 Å². The van der Waals surface area contributed by atoms with Crippen molar-refractivity contribution in [1.82, 2.24) is 0 Å². The minimum atomic E-state index is -0.273. The second-order valence-electron chi connectivity index (χ2n) is 7.59. The predicted octanol–water partition coefficient (Wildman–Crippen LogP) is 3.66. The Labute approximate surface area is 158 Å². The fourth-order valence-corrected chi connectivity index (χ4v) is 5.08. The molecule has 27 heavy (non-hydrogen) atoms. The van der Waals surface area contributed by atoms with Crippen LogP contribution in [0.1, 0.15) is 41.1 Å². The summed E-state index contributed by atoms with van der Waals surface area (Å²) >= 11 is 0. The molecule has 0 aliphatic carbocycles. The van der Waals surface area contributed by atoms with Gasteiger partial charge in [-0.3, -0.25) is 0 Å². The number of methoxy groups -OCH3 is 2. The van der Waals surface area contributed by atoms with E-state index in [4.69, 9.17) is 18.9 Å². The molecule has 3 heterocycles. The fourth-order valence-electron chi connectivity index (χ4n) is 5.08. The lowest BCUT2D eigenvalue weighted by Gasteiger charge is -2.56. The van der Waals surface area contributed by atoms with Crippen LogP contribution >= 0.6 is 0 Å². The molecule has 2 aromatic carbocycles. The monoisotopic (exact) mass is 369 g/mol. The number of rotatable bonds is 2. The molecule has 3 aliphatic rings. The standard InChI is InChI=1S/C21H23NO5/c1-12-14-4-5-17(24-2)21(25-3)16(14)10-22(23)7-6-13-8-18-19(27-11-26-18)9-15(13)20(12)22/h4-5,8-9,12,20H,6-7,10-11H2,1-3H3/t12-,20+,22+/m1/s1. The Bertz CT molecular complexity index is 927. The van der Waals surface area contributed by atoms with Gasteiger partial charge in [0.15, 0.2) is 23.0 Å². The van der Waals surface area contributed by atoms with E-state index < -0.39 is 0 Å². The van der Waals surface area contributed by atoms with Gasteiger partial charge in [0.1, 0.15) is 12.6 Å². The Balaban J connectivity index is 1.67. The third-order valence-corrected chi connectivity index (χ3v) is 6.29. The minimum Gasteiger partial charge on any atom is -0.632 e. The molecule has 0 radical (unpaired) electrons. The summed E-state index contributed by atoms with van der Waals surface area (Å²) in [6.07, 6.45) is 0.736. The normalized spacial score (nSPS) is 27.4. The van der Waals surface area contributed by atoms with E-state index in [2.05, 4.69) is 19.1 Å². The molecule has 5 rings (SSSR count). The lowest BCUT2D eigenvalue weighted by molar-refractivity contribution is -0.930. The molecule has 3 aliphatic heterocycles. The topological polar surface area (TPSA) is 60.0 Å². The summed E-state index contributed by atoms with van der Waals surface area (Å²) < 4.78 is 21.9. The Hall–Kier alpha value is -2.44. The van der Waals surface area contributed by atoms with Crippen LogP contribution in [0.15, 0.2) is 24.3 Å². The largest absolute Gasteiger partial charge is 0.632 e. The fraction of sp³-hybridized carbons (Fsp3) is 0.429. The van der Waals surface area contributed by atoms with Gasteiger partial charge in [0, 0.05) is 17.9 Å². The average molecular weight is 369 g/mol. The van der Waals surface area contributed by atoms with Crippen molar-refractivity contribution in [1.29, 1.82) is 0 Å². The first-order valence-electron chi connectivity index (χ1n) is 9.29. The van der Waals surface area contributed by atoms with E-state index in [0.717, 1.165) is 34.6 Å².